The van der Waals surface area contributed by atoms with Gasteiger partial charge >= 0.3 is 0 Å². The van der Waals surface area contributed by atoms with Gasteiger partial charge in [-0.15, -0.1) is 0 Å². The standard InChI is InChI=1S/C13H23N3/c1-5-11-8-12(16(4)15-11)9-13(6-7-13)10(2)14-3/h8,10,14H,5-7,9H2,1-4H3. The third-order valence-electron chi connectivity index (χ3n) is 4.17. The first-order valence-corrected chi connectivity index (χ1v) is 6.30. The number of aryl methyl sites for hydroxylation is 2. The minimum Gasteiger partial charge on any atom is -0.317 e. The molecule has 1 heterocycles. The van der Waals surface area contributed by atoms with Crippen LogP contribution in [0.2, 0.25) is 0 Å². The topological polar surface area (TPSA) is 29.9 Å². The van der Waals surface area contributed by atoms with Crippen LogP contribution in [0.1, 0.15) is 38.1 Å². The molecular formula is C13H23N3. The number of rotatable bonds is 5. The van der Waals surface area contributed by atoms with Crippen molar-refractivity contribution in [3.8, 4) is 0 Å². The van der Waals surface area contributed by atoms with E-state index in [1.54, 1.807) is 0 Å². The van der Waals surface area contributed by atoms with Crippen LogP contribution in [0.25, 0.3) is 0 Å². The number of nitrogens with one attached hydrogen (secondary N) is 1. The molecule has 0 aliphatic heterocycles. The van der Waals surface area contributed by atoms with E-state index in [2.05, 4.69) is 49.1 Å². The summed E-state index contributed by atoms with van der Waals surface area (Å²) in [6.45, 7) is 4.46. The maximum Gasteiger partial charge on any atom is 0.0624 e. The Morgan fingerprint density at radius 2 is 2.25 bits per heavy atom. The van der Waals surface area contributed by atoms with Gasteiger partial charge in [-0.25, -0.2) is 0 Å². The van der Waals surface area contributed by atoms with Crippen LogP contribution in [0.5, 0.6) is 0 Å². The molecule has 1 aromatic heterocycles. The van der Waals surface area contributed by atoms with Gasteiger partial charge < -0.3 is 5.32 Å². The first-order valence-electron chi connectivity index (χ1n) is 6.30. The number of hydrogen-bond acceptors (Lipinski definition) is 2. The highest BCUT2D eigenvalue weighted by atomic mass is 15.3. The minimum absolute atomic E-state index is 0.494. The van der Waals surface area contributed by atoms with Crippen molar-refractivity contribution in [1.82, 2.24) is 15.1 Å². The lowest BCUT2D eigenvalue weighted by molar-refractivity contribution is 0.361. The molecule has 0 amide bonds. The molecule has 1 unspecified atom stereocenters. The number of hydrogen-bond donors (Lipinski definition) is 1. The largest absolute Gasteiger partial charge is 0.317 e. The highest BCUT2D eigenvalue weighted by Gasteiger charge is 2.47. The molecule has 0 bridgehead atoms. The molecule has 3 heteroatoms. The Hall–Kier alpha value is -0.830. The van der Waals surface area contributed by atoms with E-state index in [9.17, 15) is 0 Å². The Balaban J connectivity index is 2.11. The quantitative estimate of drug-likeness (QED) is 0.823. The molecule has 1 atom stereocenters. The summed E-state index contributed by atoms with van der Waals surface area (Å²) >= 11 is 0. The Morgan fingerprint density at radius 1 is 1.56 bits per heavy atom. The Morgan fingerprint density at radius 3 is 2.69 bits per heavy atom. The summed E-state index contributed by atoms with van der Waals surface area (Å²) in [5.41, 5.74) is 3.09. The van der Waals surface area contributed by atoms with Gasteiger partial charge in [0.2, 0.25) is 0 Å². The Labute approximate surface area is 98.2 Å². The molecule has 90 valence electrons. The lowest BCUT2D eigenvalue weighted by atomic mass is 9.92. The van der Waals surface area contributed by atoms with Crippen molar-refractivity contribution in [1.29, 1.82) is 0 Å². The van der Waals surface area contributed by atoms with Crippen LogP contribution < -0.4 is 5.32 Å². The van der Waals surface area contributed by atoms with E-state index in [1.807, 2.05) is 0 Å². The second-order valence-electron chi connectivity index (χ2n) is 5.15. The first-order chi connectivity index (χ1) is 7.61. The molecule has 16 heavy (non-hydrogen) atoms. The molecule has 0 aromatic carbocycles. The second-order valence-corrected chi connectivity index (χ2v) is 5.15. The van der Waals surface area contributed by atoms with Gasteiger partial charge in [0.25, 0.3) is 0 Å². The summed E-state index contributed by atoms with van der Waals surface area (Å²) in [5, 5.41) is 7.92. The van der Waals surface area contributed by atoms with Crippen molar-refractivity contribution in [3.63, 3.8) is 0 Å². The first kappa shape index (κ1) is 11.6. The molecule has 1 aliphatic rings. The molecule has 1 fully saturated rings. The summed E-state index contributed by atoms with van der Waals surface area (Å²) in [5.74, 6) is 0. The van der Waals surface area contributed by atoms with Crippen molar-refractivity contribution in [2.24, 2.45) is 12.5 Å². The van der Waals surface area contributed by atoms with Crippen LogP contribution in [0.4, 0.5) is 0 Å². The zero-order valence-corrected chi connectivity index (χ0v) is 10.9. The van der Waals surface area contributed by atoms with E-state index in [0.29, 0.717) is 11.5 Å². The third kappa shape index (κ3) is 2.01. The van der Waals surface area contributed by atoms with Gasteiger partial charge in [0.05, 0.1) is 5.69 Å². The van der Waals surface area contributed by atoms with Gasteiger partial charge in [-0.05, 0) is 51.1 Å². The fraction of sp³-hybridized carbons (Fsp3) is 0.769. The number of nitrogens with zero attached hydrogens (tertiary/aromatic N) is 2. The molecule has 3 nitrogen and oxygen atoms in total. The molecule has 2 rings (SSSR count). The minimum atomic E-state index is 0.494. The van der Waals surface area contributed by atoms with Gasteiger partial charge in [0.1, 0.15) is 0 Å². The van der Waals surface area contributed by atoms with Crippen molar-refractivity contribution < 1.29 is 0 Å². The van der Waals surface area contributed by atoms with Crippen LogP contribution in [-0.2, 0) is 19.9 Å². The highest BCUT2D eigenvalue weighted by Crippen LogP contribution is 2.51. The van der Waals surface area contributed by atoms with Crippen molar-refractivity contribution in [2.45, 2.75) is 45.6 Å². The summed E-state index contributed by atoms with van der Waals surface area (Å²) in [4.78, 5) is 0. The molecule has 1 aromatic rings. The molecule has 1 N–H and O–H groups in total. The van der Waals surface area contributed by atoms with E-state index in [-0.39, 0.29) is 0 Å². The van der Waals surface area contributed by atoms with Crippen molar-refractivity contribution in [2.75, 3.05) is 7.05 Å². The fourth-order valence-corrected chi connectivity index (χ4v) is 2.50. The molecule has 1 saturated carbocycles. The van der Waals surface area contributed by atoms with Gasteiger partial charge in [0, 0.05) is 18.8 Å². The SMILES string of the molecule is CCc1cc(CC2(C(C)NC)CC2)n(C)n1. The zero-order chi connectivity index (χ0) is 11.8. The molecular weight excluding hydrogens is 198 g/mol. The van der Waals surface area contributed by atoms with Crippen LogP contribution in [0.3, 0.4) is 0 Å². The molecule has 0 spiro atoms. The smallest absolute Gasteiger partial charge is 0.0624 e. The molecule has 0 radical (unpaired) electrons. The normalized spacial score (nSPS) is 19.8. The van der Waals surface area contributed by atoms with Gasteiger partial charge in [-0.1, -0.05) is 6.92 Å². The predicted molar refractivity (Wildman–Crippen MR) is 66.5 cm³/mol. The highest BCUT2D eigenvalue weighted by molar-refractivity contribution is 5.16. The fourth-order valence-electron chi connectivity index (χ4n) is 2.50. The lowest BCUT2D eigenvalue weighted by Gasteiger charge is -2.22. The summed E-state index contributed by atoms with van der Waals surface area (Å²) < 4.78 is 2.06. The predicted octanol–water partition coefficient (Wildman–Crippen LogP) is 1.91. The Kier molecular flexibility index (Phi) is 3.06. The van der Waals surface area contributed by atoms with Crippen molar-refractivity contribution >= 4 is 0 Å². The van der Waals surface area contributed by atoms with Gasteiger partial charge in [-0.3, -0.25) is 4.68 Å². The van der Waals surface area contributed by atoms with Crippen LogP contribution in [0.15, 0.2) is 6.07 Å². The monoisotopic (exact) mass is 221 g/mol. The van der Waals surface area contributed by atoms with Crippen LogP contribution >= 0.6 is 0 Å². The maximum absolute atomic E-state index is 4.52. The van der Waals surface area contributed by atoms with E-state index < -0.39 is 0 Å². The third-order valence-corrected chi connectivity index (χ3v) is 4.17. The zero-order valence-electron chi connectivity index (χ0n) is 10.9. The van der Waals surface area contributed by atoms with Gasteiger partial charge in [0.15, 0.2) is 0 Å². The van der Waals surface area contributed by atoms with E-state index >= 15 is 0 Å². The number of aromatic nitrogens is 2. The molecule has 1 aliphatic carbocycles. The van der Waals surface area contributed by atoms with E-state index in [4.69, 9.17) is 0 Å². The average Bonchev–Trinajstić information content (AvgIpc) is 2.98. The van der Waals surface area contributed by atoms with E-state index in [0.717, 1.165) is 6.42 Å². The summed E-state index contributed by atoms with van der Waals surface area (Å²) in [6, 6.07) is 2.87. The summed E-state index contributed by atoms with van der Waals surface area (Å²) in [7, 11) is 4.13. The maximum atomic E-state index is 4.52. The van der Waals surface area contributed by atoms with Crippen molar-refractivity contribution in [3.05, 3.63) is 17.5 Å². The molecule has 0 saturated heterocycles. The second kappa shape index (κ2) is 4.21. The Bertz CT molecular complexity index is 363. The van der Waals surface area contributed by atoms with E-state index in [1.165, 1.54) is 30.7 Å². The average molecular weight is 221 g/mol. The summed E-state index contributed by atoms with van der Waals surface area (Å²) in [6.07, 6.45) is 4.89. The lowest BCUT2D eigenvalue weighted by Crippen LogP contribution is -2.33. The van der Waals surface area contributed by atoms with Gasteiger partial charge in [-0.2, -0.15) is 5.10 Å². The van der Waals surface area contributed by atoms with Crippen LogP contribution in [0, 0.1) is 5.41 Å². The van der Waals surface area contributed by atoms with Crippen LogP contribution in [-0.4, -0.2) is 22.9 Å².